The monoisotopic (exact) mass is 640 g/mol. The summed E-state index contributed by atoms with van der Waals surface area (Å²) in [4.78, 5) is 31.0. The maximum absolute atomic E-state index is 10.6. The summed E-state index contributed by atoms with van der Waals surface area (Å²) in [6.45, 7) is 3.40. The fourth-order valence-electron chi connectivity index (χ4n) is 2.98. The molecule has 3 heterocycles. The number of ether oxygens (including phenoxy) is 1. The predicted octanol–water partition coefficient (Wildman–Crippen LogP) is 3.99. The standard InChI is InChI=1S/C17H22N4O.3C2HF3O2/c1-2-7-19-15(3-1)9-18-10-16-17-14(6-8-22-16)12-21(20-17)11-13-4-5-13;3*3-2(4,5)1(6)7/h1-3,7,12-13,16,18H,4-6,8-11H2;3*(H,6,7). The van der Waals surface area contributed by atoms with Crippen molar-refractivity contribution in [3.8, 4) is 0 Å². The number of aromatic nitrogens is 3. The molecule has 0 saturated heterocycles. The van der Waals surface area contributed by atoms with E-state index >= 15 is 0 Å². The summed E-state index contributed by atoms with van der Waals surface area (Å²) in [5.41, 5.74) is 3.54. The normalized spacial score (nSPS) is 16.2. The Balaban J connectivity index is 0.000000363. The molecule has 2 aliphatic rings. The first-order chi connectivity index (χ1) is 19.7. The van der Waals surface area contributed by atoms with Gasteiger partial charge < -0.3 is 25.4 Å². The number of halogens is 9. The van der Waals surface area contributed by atoms with Gasteiger partial charge in [0.1, 0.15) is 6.10 Å². The lowest BCUT2D eigenvalue weighted by Gasteiger charge is -2.22. The molecule has 1 aliphatic carbocycles. The highest BCUT2D eigenvalue weighted by Crippen LogP contribution is 2.32. The summed E-state index contributed by atoms with van der Waals surface area (Å²) >= 11 is 0. The first kappa shape index (κ1) is 37.1. The minimum Gasteiger partial charge on any atom is -0.475 e. The molecule has 0 aromatic carbocycles. The van der Waals surface area contributed by atoms with Gasteiger partial charge in [0, 0.05) is 32.0 Å². The van der Waals surface area contributed by atoms with Crippen molar-refractivity contribution in [1.29, 1.82) is 0 Å². The molecule has 43 heavy (non-hydrogen) atoms. The highest BCUT2D eigenvalue weighted by atomic mass is 19.4. The number of nitrogens with zero attached hydrogens (tertiary/aromatic N) is 3. The van der Waals surface area contributed by atoms with Crippen LogP contribution in [0.5, 0.6) is 0 Å². The third kappa shape index (κ3) is 15.2. The van der Waals surface area contributed by atoms with Crippen molar-refractivity contribution in [1.82, 2.24) is 20.1 Å². The Bertz CT molecular complexity index is 1130. The first-order valence-corrected chi connectivity index (χ1v) is 11.9. The minimum atomic E-state index is -5.08. The molecule has 0 bridgehead atoms. The molecule has 0 radical (unpaired) electrons. The molecule has 11 nitrogen and oxygen atoms in total. The van der Waals surface area contributed by atoms with Gasteiger partial charge in [0.15, 0.2) is 0 Å². The van der Waals surface area contributed by atoms with Crippen molar-refractivity contribution >= 4 is 17.9 Å². The second-order valence-corrected chi connectivity index (χ2v) is 8.68. The average Bonchev–Trinajstić information content (AvgIpc) is 3.60. The van der Waals surface area contributed by atoms with Gasteiger partial charge in [-0.15, -0.1) is 0 Å². The van der Waals surface area contributed by atoms with Crippen LogP contribution in [0.3, 0.4) is 0 Å². The van der Waals surface area contributed by atoms with E-state index in [2.05, 4.69) is 21.2 Å². The van der Waals surface area contributed by atoms with Crippen molar-refractivity contribution in [3.05, 3.63) is 47.5 Å². The van der Waals surface area contributed by atoms with Crippen molar-refractivity contribution in [2.75, 3.05) is 13.2 Å². The number of rotatable bonds is 6. The molecule has 1 atom stereocenters. The Morgan fingerprint density at radius 1 is 0.907 bits per heavy atom. The molecule has 1 unspecified atom stereocenters. The van der Waals surface area contributed by atoms with Crippen molar-refractivity contribution < 1.29 is 74.0 Å². The lowest BCUT2D eigenvalue weighted by molar-refractivity contribution is -0.193. The zero-order valence-electron chi connectivity index (χ0n) is 21.7. The van der Waals surface area contributed by atoms with Crippen LogP contribution in [-0.4, -0.2) is 79.7 Å². The molecule has 2 aromatic heterocycles. The number of carboxylic acid groups (broad SMARTS) is 3. The largest absolute Gasteiger partial charge is 0.490 e. The third-order valence-electron chi connectivity index (χ3n) is 5.10. The van der Waals surface area contributed by atoms with Crippen molar-refractivity contribution in [2.24, 2.45) is 5.92 Å². The van der Waals surface area contributed by atoms with Crippen molar-refractivity contribution in [2.45, 2.75) is 57.0 Å². The smallest absolute Gasteiger partial charge is 0.475 e. The molecule has 1 fully saturated rings. The molecular formula is C23H25F9N4O7. The molecule has 4 rings (SSSR count). The molecule has 242 valence electrons. The number of alkyl halides is 9. The van der Waals surface area contributed by atoms with E-state index in [0.29, 0.717) is 0 Å². The van der Waals surface area contributed by atoms with E-state index in [4.69, 9.17) is 39.5 Å². The molecule has 2 aromatic rings. The Hall–Kier alpha value is -3.94. The van der Waals surface area contributed by atoms with Crippen LogP contribution < -0.4 is 5.32 Å². The highest BCUT2D eigenvalue weighted by molar-refractivity contribution is 5.73. The maximum Gasteiger partial charge on any atom is 0.490 e. The SMILES string of the molecule is O=C(O)C(F)(F)F.O=C(O)C(F)(F)F.O=C(O)C(F)(F)F.c1ccc(CNCC2OCCc3cn(CC4CC4)nc32)nc1. The van der Waals surface area contributed by atoms with Gasteiger partial charge in [0.05, 0.1) is 18.0 Å². The van der Waals surface area contributed by atoms with Gasteiger partial charge in [-0.05, 0) is 42.9 Å². The number of carbonyl (C=O) groups is 3. The molecule has 0 spiro atoms. The quantitative estimate of drug-likeness (QED) is 0.340. The van der Waals surface area contributed by atoms with Crippen LogP contribution in [0.1, 0.15) is 35.9 Å². The Morgan fingerprint density at radius 3 is 1.84 bits per heavy atom. The number of carboxylic acids is 3. The Morgan fingerprint density at radius 2 is 1.42 bits per heavy atom. The molecule has 1 aliphatic heterocycles. The second kappa shape index (κ2) is 16.1. The highest BCUT2D eigenvalue weighted by Gasteiger charge is 2.39. The van der Waals surface area contributed by atoms with Crippen LogP contribution in [-0.2, 0) is 38.6 Å². The van der Waals surface area contributed by atoms with E-state index in [0.717, 1.165) is 50.0 Å². The summed E-state index contributed by atoms with van der Waals surface area (Å²) in [6.07, 6.45) is -7.44. The summed E-state index contributed by atoms with van der Waals surface area (Å²) in [5, 5.41) is 29.6. The van der Waals surface area contributed by atoms with Crippen LogP contribution in [0.2, 0.25) is 0 Å². The number of pyridine rings is 1. The van der Waals surface area contributed by atoms with E-state index in [1.54, 1.807) is 0 Å². The van der Waals surface area contributed by atoms with Gasteiger partial charge in [-0.25, -0.2) is 14.4 Å². The molecule has 0 amide bonds. The summed E-state index contributed by atoms with van der Waals surface area (Å²) < 4.78 is 103. The Labute approximate surface area is 236 Å². The lowest BCUT2D eigenvalue weighted by Crippen LogP contribution is -2.27. The topological polar surface area (TPSA) is 164 Å². The first-order valence-electron chi connectivity index (χ1n) is 11.9. The van der Waals surface area contributed by atoms with E-state index in [1.807, 2.05) is 24.4 Å². The van der Waals surface area contributed by atoms with Crippen LogP contribution in [0.15, 0.2) is 30.6 Å². The van der Waals surface area contributed by atoms with Gasteiger partial charge in [-0.3, -0.25) is 9.67 Å². The summed E-state index contributed by atoms with van der Waals surface area (Å²) in [7, 11) is 0. The molecule has 1 saturated carbocycles. The van der Waals surface area contributed by atoms with Gasteiger partial charge in [0.25, 0.3) is 0 Å². The Kier molecular flexibility index (Phi) is 13.8. The van der Waals surface area contributed by atoms with Crippen LogP contribution in [0.4, 0.5) is 39.5 Å². The average molecular weight is 640 g/mol. The fourth-order valence-corrected chi connectivity index (χ4v) is 2.98. The second-order valence-electron chi connectivity index (χ2n) is 8.68. The fraction of sp³-hybridized carbons (Fsp3) is 0.522. The van der Waals surface area contributed by atoms with E-state index in [9.17, 15) is 39.5 Å². The van der Waals surface area contributed by atoms with Crippen LogP contribution >= 0.6 is 0 Å². The zero-order valence-corrected chi connectivity index (χ0v) is 21.7. The summed E-state index contributed by atoms with van der Waals surface area (Å²) in [5.74, 6) is -7.42. The van der Waals surface area contributed by atoms with Gasteiger partial charge >= 0.3 is 36.4 Å². The number of hydrogen-bond donors (Lipinski definition) is 4. The van der Waals surface area contributed by atoms with E-state index in [-0.39, 0.29) is 6.10 Å². The number of hydrogen-bond acceptors (Lipinski definition) is 7. The van der Waals surface area contributed by atoms with Gasteiger partial charge in [0.2, 0.25) is 0 Å². The van der Waals surface area contributed by atoms with Crippen molar-refractivity contribution in [3.63, 3.8) is 0 Å². The number of aliphatic carboxylic acids is 3. The van der Waals surface area contributed by atoms with E-state index in [1.165, 1.54) is 18.4 Å². The zero-order chi connectivity index (χ0) is 33.0. The maximum atomic E-state index is 10.6. The van der Waals surface area contributed by atoms with Gasteiger partial charge in [-0.1, -0.05) is 6.07 Å². The van der Waals surface area contributed by atoms with Crippen LogP contribution in [0.25, 0.3) is 0 Å². The predicted molar refractivity (Wildman–Crippen MR) is 124 cm³/mol. The van der Waals surface area contributed by atoms with Gasteiger partial charge in [-0.2, -0.15) is 44.6 Å². The molecule has 20 heteroatoms. The third-order valence-corrected chi connectivity index (χ3v) is 5.10. The number of nitrogens with one attached hydrogen (secondary N) is 1. The minimum absolute atomic E-state index is 0.0629. The van der Waals surface area contributed by atoms with E-state index < -0.39 is 36.4 Å². The number of fused-ring (bicyclic) bond motifs is 1. The molecule has 4 N–H and O–H groups in total. The lowest BCUT2D eigenvalue weighted by atomic mass is 10.1. The molecular weight excluding hydrogens is 615 g/mol. The van der Waals surface area contributed by atoms with Crippen LogP contribution in [0, 0.1) is 5.92 Å². The summed E-state index contributed by atoms with van der Waals surface area (Å²) in [6, 6.07) is 5.98.